The predicted molar refractivity (Wildman–Crippen MR) is 65.6 cm³/mol. The second kappa shape index (κ2) is 4.83. The molecule has 5 heteroatoms. The largest absolute Gasteiger partial charge is 0.477 e. The third-order valence-electron chi connectivity index (χ3n) is 2.44. The molecule has 92 valence electrons. The minimum Gasteiger partial charge on any atom is -0.477 e. The molecule has 2 N–H and O–H groups in total. The Labute approximate surface area is 103 Å². The minimum atomic E-state index is -1.12. The molecule has 0 saturated carbocycles. The van der Waals surface area contributed by atoms with Crippen molar-refractivity contribution in [2.75, 3.05) is 5.32 Å². The van der Waals surface area contributed by atoms with Gasteiger partial charge < -0.3 is 10.4 Å². The van der Waals surface area contributed by atoms with Gasteiger partial charge in [0.25, 0.3) is 0 Å². The van der Waals surface area contributed by atoms with Crippen LogP contribution in [0.15, 0.2) is 36.4 Å². The number of hydrogen-bond acceptors (Lipinski definition) is 3. The van der Waals surface area contributed by atoms with Crippen molar-refractivity contribution in [1.82, 2.24) is 4.98 Å². The number of carbonyl (C=O) groups is 1. The molecule has 2 rings (SSSR count). The molecular weight excluding hydrogens is 235 g/mol. The van der Waals surface area contributed by atoms with E-state index in [0.717, 1.165) is 5.56 Å². The summed E-state index contributed by atoms with van der Waals surface area (Å²) in [5.41, 5.74) is 0.930. The van der Waals surface area contributed by atoms with Crippen molar-refractivity contribution in [3.05, 3.63) is 53.5 Å². The molecule has 0 bridgehead atoms. The van der Waals surface area contributed by atoms with E-state index in [1.54, 1.807) is 31.2 Å². The van der Waals surface area contributed by atoms with Crippen LogP contribution in [0.3, 0.4) is 0 Å². The van der Waals surface area contributed by atoms with Gasteiger partial charge in [0.05, 0.1) is 5.69 Å². The Hall–Kier alpha value is -2.43. The summed E-state index contributed by atoms with van der Waals surface area (Å²) in [6.07, 6.45) is 0. The Kier molecular flexibility index (Phi) is 3.23. The average Bonchev–Trinajstić information content (AvgIpc) is 2.34. The molecule has 0 spiro atoms. The zero-order chi connectivity index (χ0) is 13.1. The number of aryl methyl sites for hydroxylation is 1. The molecule has 1 aromatic carbocycles. The molecular formula is C13H11FN2O2. The van der Waals surface area contributed by atoms with Crippen LogP contribution >= 0.6 is 0 Å². The van der Waals surface area contributed by atoms with Gasteiger partial charge in [0, 0.05) is 0 Å². The number of nitrogens with one attached hydrogen (secondary N) is 1. The van der Waals surface area contributed by atoms with Gasteiger partial charge in [-0.15, -0.1) is 0 Å². The lowest BCUT2D eigenvalue weighted by Crippen LogP contribution is -2.04. The van der Waals surface area contributed by atoms with Crippen LogP contribution in [0.1, 0.15) is 16.1 Å². The third kappa shape index (κ3) is 2.45. The maximum Gasteiger partial charge on any atom is 0.354 e. The van der Waals surface area contributed by atoms with Crippen LogP contribution in [0.2, 0.25) is 0 Å². The van der Waals surface area contributed by atoms with Crippen LogP contribution in [-0.2, 0) is 0 Å². The second-order valence-electron chi connectivity index (χ2n) is 3.77. The fraction of sp³-hybridized carbons (Fsp3) is 0.0769. The summed E-state index contributed by atoms with van der Waals surface area (Å²) in [6, 6.07) is 9.20. The van der Waals surface area contributed by atoms with E-state index in [4.69, 9.17) is 5.11 Å². The number of nitrogens with zero attached hydrogens (tertiary/aromatic N) is 1. The van der Waals surface area contributed by atoms with Gasteiger partial charge in [0.2, 0.25) is 0 Å². The molecule has 0 aliphatic carbocycles. The first-order chi connectivity index (χ1) is 8.58. The number of hydrogen-bond donors (Lipinski definition) is 2. The molecule has 18 heavy (non-hydrogen) atoms. The van der Waals surface area contributed by atoms with Gasteiger partial charge >= 0.3 is 5.97 Å². The smallest absolute Gasteiger partial charge is 0.354 e. The molecule has 0 fully saturated rings. The van der Waals surface area contributed by atoms with Crippen molar-refractivity contribution in [2.45, 2.75) is 6.92 Å². The number of rotatable bonds is 3. The number of benzene rings is 1. The number of aromatic carboxylic acids is 1. The van der Waals surface area contributed by atoms with Gasteiger partial charge in [-0.05, 0) is 30.7 Å². The number of carboxylic acid groups (broad SMARTS) is 1. The molecule has 0 aliphatic rings. The van der Waals surface area contributed by atoms with E-state index in [1.165, 1.54) is 12.1 Å². The molecule has 0 aliphatic heterocycles. The predicted octanol–water partition coefficient (Wildman–Crippen LogP) is 2.97. The Balaban J connectivity index is 2.34. The number of aromatic nitrogens is 1. The van der Waals surface area contributed by atoms with Crippen LogP contribution in [0.4, 0.5) is 15.9 Å². The van der Waals surface area contributed by atoms with E-state index < -0.39 is 11.8 Å². The number of para-hydroxylation sites is 1. The fourth-order valence-electron chi connectivity index (χ4n) is 1.54. The standard InChI is InChI=1S/C13H11FN2O2/c1-8-4-2-5-9(14)12(8)16-11-7-3-6-10(15-11)13(17)18/h2-7H,1H3,(H,15,16)(H,17,18). The third-order valence-corrected chi connectivity index (χ3v) is 2.44. The Morgan fingerprint density at radius 3 is 2.67 bits per heavy atom. The van der Waals surface area contributed by atoms with Crippen molar-refractivity contribution in [1.29, 1.82) is 0 Å². The number of carboxylic acids is 1. The van der Waals surface area contributed by atoms with Crippen LogP contribution in [0, 0.1) is 12.7 Å². The first-order valence-corrected chi connectivity index (χ1v) is 5.30. The SMILES string of the molecule is Cc1cccc(F)c1Nc1cccc(C(=O)O)n1. The van der Waals surface area contributed by atoms with Gasteiger partial charge in [-0.25, -0.2) is 14.2 Å². The van der Waals surface area contributed by atoms with Gasteiger partial charge in [-0.3, -0.25) is 0 Å². The van der Waals surface area contributed by atoms with Gasteiger partial charge in [-0.2, -0.15) is 0 Å². The maximum absolute atomic E-state index is 13.6. The minimum absolute atomic E-state index is 0.0889. The summed E-state index contributed by atoms with van der Waals surface area (Å²) in [5.74, 6) is -1.23. The lowest BCUT2D eigenvalue weighted by molar-refractivity contribution is 0.0690. The van der Waals surface area contributed by atoms with Crippen LogP contribution in [0.5, 0.6) is 0 Å². The van der Waals surface area contributed by atoms with E-state index in [1.807, 2.05) is 0 Å². The van der Waals surface area contributed by atoms with Crippen molar-refractivity contribution in [3.8, 4) is 0 Å². The molecule has 0 saturated heterocycles. The Morgan fingerprint density at radius 2 is 2.00 bits per heavy atom. The van der Waals surface area contributed by atoms with Gasteiger partial charge in [0.15, 0.2) is 5.69 Å². The Bertz CT molecular complexity index is 579. The molecule has 2 aromatic rings. The first-order valence-electron chi connectivity index (χ1n) is 5.30. The van der Waals surface area contributed by atoms with Crippen LogP contribution in [0.25, 0.3) is 0 Å². The number of anilines is 2. The summed E-state index contributed by atoms with van der Waals surface area (Å²) in [6.45, 7) is 1.76. The second-order valence-corrected chi connectivity index (χ2v) is 3.77. The molecule has 1 heterocycles. The van der Waals surface area contributed by atoms with Crippen LogP contribution in [-0.4, -0.2) is 16.1 Å². The van der Waals surface area contributed by atoms with E-state index in [2.05, 4.69) is 10.3 Å². The molecule has 1 aromatic heterocycles. The normalized spacial score (nSPS) is 10.1. The van der Waals surface area contributed by atoms with E-state index >= 15 is 0 Å². The summed E-state index contributed by atoms with van der Waals surface area (Å²) >= 11 is 0. The van der Waals surface area contributed by atoms with E-state index in [-0.39, 0.29) is 5.69 Å². The monoisotopic (exact) mass is 246 g/mol. The number of halogens is 1. The zero-order valence-electron chi connectivity index (χ0n) is 9.64. The highest BCUT2D eigenvalue weighted by Gasteiger charge is 2.08. The Morgan fingerprint density at radius 1 is 1.28 bits per heavy atom. The van der Waals surface area contributed by atoms with Gasteiger partial charge in [-0.1, -0.05) is 18.2 Å². The zero-order valence-corrected chi connectivity index (χ0v) is 9.64. The highest BCUT2D eigenvalue weighted by atomic mass is 19.1. The molecule has 0 atom stereocenters. The summed E-state index contributed by atoms with van der Waals surface area (Å²) in [5, 5.41) is 11.6. The summed E-state index contributed by atoms with van der Waals surface area (Å²) in [4.78, 5) is 14.6. The lowest BCUT2D eigenvalue weighted by Gasteiger charge is -2.10. The van der Waals surface area contributed by atoms with Crippen molar-refractivity contribution in [3.63, 3.8) is 0 Å². The summed E-state index contributed by atoms with van der Waals surface area (Å²) < 4.78 is 13.6. The highest BCUT2D eigenvalue weighted by molar-refractivity contribution is 5.85. The van der Waals surface area contributed by atoms with Gasteiger partial charge in [0.1, 0.15) is 11.6 Å². The average molecular weight is 246 g/mol. The van der Waals surface area contributed by atoms with Crippen molar-refractivity contribution >= 4 is 17.5 Å². The van der Waals surface area contributed by atoms with E-state index in [0.29, 0.717) is 11.5 Å². The quantitative estimate of drug-likeness (QED) is 0.874. The topological polar surface area (TPSA) is 62.2 Å². The summed E-state index contributed by atoms with van der Waals surface area (Å²) in [7, 11) is 0. The molecule has 0 unspecified atom stereocenters. The van der Waals surface area contributed by atoms with Crippen molar-refractivity contribution < 1.29 is 14.3 Å². The van der Waals surface area contributed by atoms with Crippen LogP contribution < -0.4 is 5.32 Å². The lowest BCUT2D eigenvalue weighted by atomic mass is 10.2. The number of pyridine rings is 1. The molecule has 0 radical (unpaired) electrons. The fourth-order valence-corrected chi connectivity index (χ4v) is 1.54. The van der Waals surface area contributed by atoms with E-state index in [9.17, 15) is 9.18 Å². The molecule has 0 amide bonds. The maximum atomic E-state index is 13.6. The van der Waals surface area contributed by atoms with Crippen molar-refractivity contribution in [2.24, 2.45) is 0 Å². The molecule has 4 nitrogen and oxygen atoms in total. The highest BCUT2D eigenvalue weighted by Crippen LogP contribution is 2.22. The first kappa shape index (κ1) is 12.0.